The summed E-state index contributed by atoms with van der Waals surface area (Å²) in [7, 11) is 0. The minimum Gasteiger partial charge on any atom is -0.491 e. The number of rotatable bonds is 6. The van der Waals surface area contributed by atoms with Crippen LogP contribution in [0.4, 0.5) is 5.82 Å². The van der Waals surface area contributed by atoms with E-state index in [1.807, 2.05) is 55.0 Å². The summed E-state index contributed by atoms with van der Waals surface area (Å²) in [6, 6.07) is 13.7. The Kier molecular flexibility index (Phi) is 5.71. The summed E-state index contributed by atoms with van der Waals surface area (Å²) in [6.45, 7) is 4.00. The number of piperidine rings is 1. The van der Waals surface area contributed by atoms with Crippen molar-refractivity contribution in [2.24, 2.45) is 0 Å². The minimum absolute atomic E-state index is 0.503. The molecule has 1 fully saturated rings. The lowest BCUT2D eigenvalue weighted by atomic mass is 10.0. The van der Waals surface area contributed by atoms with Crippen LogP contribution in [0.5, 0.6) is 5.75 Å². The molecule has 8 nitrogen and oxygen atoms in total. The number of hydrogen-bond acceptors (Lipinski definition) is 7. The van der Waals surface area contributed by atoms with Gasteiger partial charge in [0, 0.05) is 35.5 Å². The van der Waals surface area contributed by atoms with Crippen LogP contribution in [0.25, 0.3) is 38.9 Å². The highest BCUT2D eigenvalue weighted by Gasteiger charge is 2.13. The Morgan fingerprint density at radius 2 is 1.80 bits per heavy atom. The molecule has 0 radical (unpaired) electrons. The summed E-state index contributed by atoms with van der Waals surface area (Å²) in [6.07, 6.45) is 11.3. The van der Waals surface area contributed by atoms with Crippen molar-refractivity contribution in [3.05, 3.63) is 67.3 Å². The Hall–Kier alpha value is -4.04. The molecule has 0 atom stereocenters. The third-order valence-electron chi connectivity index (χ3n) is 6.56. The fraction of sp³-hybridized carbons (Fsp3) is 0.259. The van der Waals surface area contributed by atoms with Crippen LogP contribution in [0, 0.1) is 0 Å². The first-order chi connectivity index (χ1) is 17.2. The van der Waals surface area contributed by atoms with E-state index in [4.69, 9.17) is 15.5 Å². The summed E-state index contributed by atoms with van der Waals surface area (Å²) < 4.78 is 7.71. The smallest absolute Gasteiger partial charge is 0.162 e. The van der Waals surface area contributed by atoms with Crippen LogP contribution in [0.2, 0.25) is 0 Å². The summed E-state index contributed by atoms with van der Waals surface area (Å²) in [4.78, 5) is 16.2. The molecule has 0 bridgehead atoms. The SMILES string of the molecule is Nc1ccc2c(-c3cnn4cc(-c5ccc(OCCN6CCCCC6)cn5)cnc34)cccc2n1. The molecule has 5 heterocycles. The number of pyridine rings is 2. The van der Waals surface area contributed by atoms with Gasteiger partial charge >= 0.3 is 0 Å². The topological polar surface area (TPSA) is 94.5 Å². The lowest BCUT2D eigenvalue weighted by Crippen LogP contribution is -2.33. The number of aromatic nitrogens is 5. The number of benzene rings is 1. The molecule has 35 heavy (non-hydrogen) atoms. The molecule has 1 aliphatic rings. The molecule has 0 amide bonds. The molecule has 8 heteroatoms. The average Bonchev–Trinajstić information content (AvgIpc) is 3.32. The van der Waals surface area contributed by atoms with Crippen LogP contribution in [-0.2, 0) is 0 Å². The molecule has 0 saturated carbocycles. The molecule has 2 N–H and O–H groups in total. The van der Waals surface area contributed by atoms with Crippen molar-refractivity contribution < 1.29 is 4.74 Å². The second kappa shape index (κ2) is 9.31. The summed E-state index contributed by atoms with van der Waals surface area (Å²) >= 11 is 0. The molecule has 0 spiro atoms. The minimum atomic E-state index is 0.503. The predicted octanol–water partition coefficient (Wildman–Crippen LogP) is 4.45. The zero-order chi connectivity index (χ0) is 23.6. The third-order valence-corrected chi connectivity index (χ3v) is 6.56. The molecule has 0 unspecified atom stereocenters. The van der Waals surface area contributed by atoms with E-state index in [9.17, 15) is 0 Å². The van der Waals surface area contributed by atoms with Gasteiger partial charge in [-0.3, -0.25) is 9.88 Å². The second-order valence-corrected chi connectivity index (χ2v) is 8.91. The lowest BCUT2D eigenvalue weighted by Gasteiger charge is -2.26. The van der Waals surface area contributed by atoms with Gasteiger partial charge in [0.2, 0.25) is 0 Å². The van der Waals surface area contributed by atoms with Gasteiger partial charge in [0.1, 0.15) is 18.2 Å². The highest BCUT2D eigenvalue weighted by atomic mass is 16.5. The Labute approximate surface area is 203 Å². The quantitative estimate of drug-likeness (QED) is 0.396. The van der Waals surface area contributed by atoms with E-state index >= 15 is 0 Å². The van der Waals surface area contributed by atoms with Crippen LogP contribution >= 0.6 is 0 Å². The van der Waals surface area contributed by atoms with Gasteiger partial charge in [-0.05, 0) is 61.8 Å². The van der Waals surface area contributed by atoms with E-state index in [1.165, 1.54) is 32.4 Å². The van der Waals surface area contributed by atoms with Crippen molar-refractivity contribution in [2.45, 2.75) is 19.3 Å². The maximum absolute atomic E-state index is 5.91. The number of nitrogens with zero attached hydrogens (tertiary/aromatic N) is 6. The van der Waals surface area contributed by atoms with E-state index in [0.717, 1.165) is 51.2 Å². The Balaban J connectivity index is 1.21. The lowest BCUT2D eigenvalue weighted by molar-refractivity contribution is 0.183. The van der Waals surface area contributed by atoms with Crippen LogP contribution in [0.15, 0.2) is 67.3 Å². The highest BCUT2D eigenvalue weighted by molar-refractivity contribution is 5.98. The normalized spacial score (nSPS) is 14.5. The van der Waals surface area contributed by atoms with Crippen molar-refractivity contribution >= 4 is 22.4 Å². The number of fused-ring (bicyclic) bond motifs is 2. The highest BCUT2D eigenvalue weighted by Crippen LogP contribution is 2.31. The first-order valence-electron chi connectivity index (χ1n) is 12.1. The molecule has 1 saturated heterocycles. The van der Waals surface area contributed by atoms with E-state index in [0.29, 0.717) is 12.4 Å². The molecule has 0 aliphatic carbocycles. The van der Waals surface area contributed by atoms with Gasteiger partial charge < -0.3 is 10.5 Å². The molecule has 1 aliphatic heterocycles. The van der Waals surface area contributed by atoms with Gasteiger partial charge in [-0.15, -0.1) is 0 Å². The van der Waals surface area contributed by atoms with E-state index in [2.05, 4.69) is 26.0 Å². The van der Waals surface area contributed by atoms with Gasteiger partial charge in [-0.1, -0.05) is 18.6 Å². The van der Waals surface area contributed by atoms with Crippen LogP contribution in [0.1, 0.15) is 19.3 Å². The number of ether oxygens (including phenoxy) is 1. The maximum atomic E-state index is 5.91. The number of nitrogens with two attached hydrogens (primary N) is 1. The summed E-state index contributed by atoms with van der Waals surface area (Å²) in [5.74, 6) is 1.29. The number of nitrogen functional groups attached to an aromatic ring is 1. The molecule has 176 valence electrons. The van der Waals surface area contributed by atoms with Gasteiger partial charge in [0.15, 0.2) is 5.65 Å². The summed E-state index contributed by atoms with van der Waals surface area (Å²) in [5, 5.41) is 5.57. The predicted molar refractivity (Wildman–Crippen MR) is 137 cm³/mol. The standard InChI is InChI=1S/C27H27N7O/c28-26-10-8-22-21(5-4-6-25(22)32-26)23-17-31-34-18-19(15-30-27(23)34)24-9-7-20(16-29-24)35-14-13-33-11-2-1-3-12-33/h4-10,15-18H,1-3,11-14H2,(H2,28,32). The largest absolute Gasteiger partial charge is 0.491 e. The molecular formula is C27H27N7O. The first-order valence-corrected chi connectivity index (χ1v) is 12.1. The number of likely N-dealkylation sites (tertiary alicyclic amines) is 1. The second-order valence-electron chi connectivity index (χ2n) is 8.91. The van der Waals surface area contributed by atoms with Crippen LogP contribution in [-0.4, -0.2) is 55.7 Å². The number of hydrogen-bond donors (Lipinski definition) is 1. The zero-order valence-electron chi connectivity index (χ0n) is 19.5. The molecule has 5 aromatic rings. The van der Waals surface area contributed by atoms with E-state index < -0.39 is 0 Å². The first kappa shape index (κ1) is 21.5. The molecular weight excluding hydrogens is 438 g/mol. The third kappa shape index (κ3) is 4.40. The Morgan fingerprint density at radius 1 is 0.886 bits per heavy atom. The van der Waals surface area contributed by atoms with Gasteiger partial charge in [-0.2, -0.15) is 5.10 Å². The summed E-state index contributed by atoms with van der Waals surface area (Å²) in [5.41, 5.74) is 11.2. The average molecular weight is 466 g/mol. The van der Waals surface area contributed by atoms with Gasteiger partial charge in [0.25, 0.3) is 0 Å². The monoisotopic (exact) mass is 465 g/mol. The number of anilines is 1. The van der Waals surface area contributed by atoms with Crippen molar-refractivity contribution in [1.82, 2.24) is 29.5 Å². The van der Waals surface area contributed by atoms with Crippen molar-refractivity contribution in [3.63, 3.8) is 0 Å². The van der Waals surface area contributed by atoms with Crippen molar-refractivity contribution in [3.8, 4) is 28.1 Å². The van der Waals surface area contributed by atoms with Crippen molar-refractivity contribution in [2.75, 3.05) is 32.0 Å². The van der Waals surface area contributed by atoms with Crippen molar-refractivity contribution in [1.29, 1.82) is 0 Å². The van der Waals surface area contributed by atoms with Crippen LogP contribution in [0.3, 0.4) is 0 Å². The Bertz CT molecular complexity index is 1470. The fourth-order valence-electron chi connectivity index (χ4n) is 4.71. The maximum Gasteiger partial charge on any atom is 0.162 e. The van der Waals surface area contributed by atoms with Gasteiger partial charge in [-0.25, -0.2) is 14.5 Å². The molecule has 1 aromatic carbocycles. The molecule has 6 rings (SSSR count). The molecule has 4 aromatic heterocycles. The Morgan fingerprint density at radius 3 is 2.66 bits per heavy atom. The van der Waals surface area contributed by atoms with Gasteiger partial charge in [0.05, 0.1) is 23.6 Å². The van der Waals surface area contributed by atoms with E-state index in [-0.39, 0.29) is 0 Å². The fourth-order valence-corrected chi connectivity index (χ4v) is 4.71. The van der Waals surface area contributed by atoms with E-state index in [1.54, 1.807) is 10.7 Å². The van der Waals surface area contributed by atoms with Crippen LogP contribution < -0.4 is 10.5 Å². The zero-order valence-corrected chi connectivity index (χ0v) is 19.5.